The van der Waals surface area contributed by atoms with Gasteiger partial charge >= 0.3 is 5.97 Å². The highest BCUT2D eigenvalue weighted by Crippen LogP contribution is 2.24. The highest BCUT2D eigenvalue weighted by atomic mass is 16.6. The molecule has 0 saturated carbocycles. The molecule has 0 aliphatic carbocycles. The van der Waals surface area contributed by atoms with Gasteiger partial charge in [-0.05, 0) is 49.2 Å². The molecule has 0 saturated heterocycles. The number of nitrogens with one attached hydrogen (secondary N) is 1. The minimum atomic E-state index is -0.785. The molecule has 0 fully saturated rings. The summed E-state index contributed by atoms with van der Waals surface area (Å²) in [6.45, 7) is 3.98. The molecule has 1 N–H and O–H groups in total. The number of pyridine rings is 1. The SMILES string of the molecule is COC(=O)c1cc(C(=O)Nc2ccc(Oc3ccc(C)c(C)c3)nc2)cc([N+](=O)[O-])c1. The summed E-state index contributed by atoms with van der Waals surface area (Å²) in [6, 6.07) is 12.2. The lowest BCUT2D eigenvalue weighted by Gasteiger charge is -2.09. The highest BCUT2D eigenvalue weighted by molar-refractivity contribution is 6.06. The minimum Gasteiger partial charge on any atom is -0.465 e. The molecule has 9 heteroatoms. The van der Waals surface area contributed by atoms with Gasteiger partial charge in [-0.3, -0.25) is 14.9 Å². The first-order chi connectivity index (χ1) is 14.8. The van der Waals surface area contributed by atoms with Gasteiger partial charge in [-0.2, -0.15) is 0 Å². The van der Waals surface area contributed by atoms with Crippen molar-refractivity contribution in [2.45, 2.75) is 13.8 Å². The number of nitro groups is 1. The molecule has 0 atom stereocenters. The third kappa shape index (κ3) is 5.21. The molecule has 1 heterocycles. The number of amides is 1. The summed E-state index contributed by atoms with van der Waals surface area (Å²) in [4.78, 5) is 38.9. The van der Waals surface area contributed by atoms with E-state index in [-0.39, 0.29) is 11.1 Å². The lowest BCUT2D eigenvalue weighted by Crippen LogP contribution is -2.14. The van der Waals surface area contributed by atoms with E-state index in [0.717, 1.165) is 30.4 Å². The first kappa shape index (κ1) is 21.4. The standard InChI is InChI=1S/C22H19N3O6/c1-13-4-6-19(8-14(13)2)31-20-7-5-17(12-23-20)24-21(26)15-9-16(22(27)30-3)11-18(10-15)25(28)29/h4-12H,1-3H3,(H,24,26). The third-order valence-corrected chi connectivity index (χ3v) is 4.51. The first-order valence-electron chi connectivity index (χ1n) is 9.17. The van der Waals surface area contributed by atoms with Gasteiger partial charge in [-0.15, -0.1) is 0 Å². The van der Waals surface area contributed by atoms with Gasteiger partial charge < -0.3 is 14.8 Å². The average Bonchev–Trinajstić information content (AvgIpc) is 2.76. The van der Waals surface area contributed by atoms with E-state index in [0.29, 0.717) is 17.3 Å². The zero-order valence-electron chi connectivity index (χ0n) is 17.0. The molecule has 158 valence electrons. The van der Waals surface area contributed by atoms with Crippen molar-refractivity contribution >= 4 is 23.3 Å². The smallest absolute Gasteiger partial charge is 0.338 e. The van der Waals surface area contributed by atoms with E-state index in [4.69, 9.17) is 4.74 Å². The van der Waals surface area contributed by atoms with Crippen LogP contribution in [-0.4, -0.2) is 28.9 Å². The summed E-state index contributed by atoms with van der Waals surface area (Å²) < 4.78 is 10.3. The summed E-state index contributed by atoms with van der Waals surface area (Å²) in [5, 5.41) is 13.7. The van der Waals surface area contributed by atoms with Crippen LogP contribution in [0.2, 0.25) is 0 Å². The van der Waals surface area contributed by atoms with Crippen LogP contribution in [0.5, 0.6) is 11.6 Å². The third-order valence-electron chi connectivity index (χ3n) is 4.51. The zero-order chi connectivity index (χ0) is 22.5. The molecule has 0 bridgehead atoms. The fourth-order valence-electron chi connectivity index (χ4n) is 2.70. The molecule has 1 amide bonds. The maximum Gasteiger partial charge on any atom is 0.338 e. The maximum atomic E-state index is 12.6. The van der Waals surface area contributed by atoms with Crippen molar-refractivity contribution in [2.24, 2.45) is 0 Å². The number of methoxy groups -OCH3 is 1. The second-order valence-corrected chi connectivity index (χ2v) is 6.70. The number of hydrogen-bond acceptors (Lipinski definition) is 7. The van der Waals surface area contributed by atoms with E-state index in [1.807, 2.05) is 32.0 Å². The van der Waals surface area contributed by atoms with Crippen molar-refractivity contribution in [1.82, 2.24) is 4.98 Å². The molecule has 3 aromatic rings. The van der Waals surface area contributed by atoms with Crippen LogP contribution in [0.15, 0.2) is 54.7 Å². The monoisotopic (exact) mass is 421 g/mol. The number of carbonyl (C=O) groups is 2. The molecule has 9 nitrogen and oxygen atoms in total. The van der Waals surface area contributed by atoms with E-state index < -0.39 is 22.5 Å². The van der Waals surface area contributed by atoms with Gasteiger partial charge in [0, 0.05) is 23.8 Å². The molecule has 3 rings (SSSR count). The number of rotatable bonds is 6. The van der Waals surface area contributed by atoms with Crippen molar-refractivity contribution < 1.29 is 24.0 Å². The van der Waals surface area contributed by atoms with Gasteiger partial charge in [-0.1, -0.05) is 6.07 Å². The molecule has 0 aliphatic heterocycles. The van der Waals surface area contributed by atoms with Gasteiger partial charge in [0.05, 0.1) is 29.5 Å². The predicted octanol–water partition coefficient (Wildman–Crippen LogP) is 4.44. The number of carbonyl (C=O) groups excluding carboxylic acids is 2. The number of nitrogens with zero attached hydrogens (tertiary/aromatic N) is 2. The summed E-state index contributed by atoms with van der Waals surface area (Å²) in [7, 11) is 1.15. The Bertz CT molecular complexity index is 1160. The Morgan fingerprint density at radius 1 is 1.00 bits per heavy atom. The Balaban J connectivity index is 1.76. The van der Waals surface area contributed by atoms with Gasteiger partial charge in [-0.25, -0.2) is 9.78 Å². The Kier molecular flexibility index (Phi) is 6.25. The van der Waals surface area contributed by atoms with Crippen LogP contribution < -0.4 is 10.1 Å². The molecule has 0 aliphatic rings. The summed E-state index contributed by atoms with van der Waals surface area (Å²) >= 11 is 0. The average molecular weight is 421 g/mol. The van der Waals surface area contributed by atoms with Gasteiger partial charge in [0.25, 0.3) is 11.6 Å². The largest absolute Gasteiger partial charge is 0.465 e. The fourth-order valence-corrected chi connectivity index (χ4v) is 2.70. The Morgan fingerprint density at radius 3 is 2.35 bits per heavy atom. The van der Waals surface area contributed by atoms with Gasteiger partial charge in [0.2, 0.25) is 5.88 Å². The second-order valence-electron chi connectivity index (χ2n) is 6.70. The molecule has 2 aromatic carbocycles. The van der Waals surface area contributed by atoms with Crippen LogP contribution in [0, 0.1) is 24.0 Å². The number of nitro benzene ring substituents is 1. The quantitative estimate of drug-likeness (QED) is 0.355. The summed E-state index contributed by atoms with van der Waals surface area (Å²) in [5.41, 5.74) is 2.02. The number of anilines is 1. The van der Waals surface area contributed by atoms with E-state index in [2.05, 4.69) is 15.0 Å². The maximum absolute atomic E-state index is 12.6. The molecule has 31 heavy (non-hydrogen) atoms. The van der Waals surface area contributed by atoms with Crippen molar-refractivity contribution in [2.75, 3.05) is 12.4 Å². The van der Waals surface area contributed by atoms with Crippen LogP contribution in [-0.2, 0) is 4.74 Å². The number of aromatic nitrogens is 1. The van der Waals surface area contributed by atoms with Crippen molar-refractivity contribution in [1.29, 1.82) is 0 Å². The van der Waals surface area contributed by atoms with Gasteiger partial charge in [0.1, 0.15) is 5.75 Å². The Hall–Kier alpha value is -4.27. The van der Waals surface area contributed by atoms with E-state index in [1.165, 1.54) is 12.3 Å². The van der Waals surface area contributed by atoms with Crippen molar-refractivity contribution in [3.8, 4) is 11.6 Å². The highest BCUT2D eigenvalue weighted by Gasteiger charge is 2.18. The Morgan fingerprint density at radius 2 is 1.74 bits per heavy atom. The second kappa shape index (κ2) is 9.04. The Labute approximate surface area is 177 Å². The van der Waals surface area contributed by atoms with Crippen molar-refractivity contribution in [3.05, 3.63) is 87.1 Å². The van der Waals surface area contributed by atoms with Crippen molar-refractivity contribution in [3.63, 3.8) is 0 Å². The molecule has 0 unspecified atom stereocenters. The predicted molar refractivity (Wildman–Crippen MR) is 113 cm³/mol. The van der Waals surface area contributed by atoms with Gasteiger partial charge in [0.15, 0.2) is 0 Å². The van der Waals surface area contributed by atoms with E-state index >= 15 is 0 Å². The molecular formula is C22H19N3O6. The number of ether oxygens (including phenoxy) is 2. The number of benzene rings is 2. The summed E-state index contributed by atoms with van der Waals surface area (Å²) in [5.74, 6) is -0.449. The van der Waals surface area contributed by atoms with Crippen LogP contribution in [0.25, 0.3) is 0 Å². The van der Waals surface area contributed by atoms with Crippen LogP contribution in [0.1, 0.15) is 31.8 Å². The first-order valence-corrected chi connectivity index (χ1v) is 9.17. The van der Waals surface area contributed by atoms with E-state index in [9.17, 15) is 19.7 Å². The normalized spacial score (nSPS) is 10.3. The molecule has 0 radical (unpaired) electrons. The summed E-state index contributed by atoms with van der Waals surface area (Å²) in [6.07, 6.45) is 1.40. The van der Waals surface area contributed by atoms with Crippen LogP contribution in [0.3, 0.4) is 0 Å². The molecule has 0 spiro atoms. The number of aryl methyl sites for hydroxylation is 2. The minimum absolute atomic E-state index is 0.0648. The lowest BCUT2D eigenvalue weighted by atomic mass is 10.1. The fraction of sp³-hybridized carbons (Fsp3) is 0.136. The number of hydrogen-bond donors (Lipinski definition) is 1. The van der Waals surface area contributed by atoms with Crippen LogP contribution in [0.4, 0.5) is 11.4 Å². The molecular weight excluding hydrogens is 402 g/mol. The molecule has 1 aromatic heterocycles. The number of non-ortho nitro benzene ring substituents is 1. The topological polar surface area (TPSA) is 121 Å². The van der Waals surface area contributed by atoms with E-state index in [1.54, 1.807) is 12.1 Å². The van der Waals surface area contributed by atoms with Crippen LogP contribution >= 0.6 is 0 Å². The lowest BCUT2D eigenvalue weighted by molar-refractivity contribution is -0.384. The zero-order valence-corrected chi connectivity index (χ0v) is 17.0. The number of esters is 1.